The van der Waals surface area contributed by atoms with Crippen LogP contribution in [-0.2, 0) is 0 Å². The van der Waals surface area contributed by atoms with Crippen LogP contribution in [0.3, 0.4) is 0 Å². The van der Waals surface area contributed by atoms with E-state index in [1.54, 1.807) is 24.3 Å². The highest BCUT2D eigenvalue weighted by Gasteiger charge is 2.22. The number of ether oxygens (including phenoxy) is 1. The first-order valence-electron chi connectivity index (χ1n) is 5.79. The number of nitrogens with one attached hydrogen (secondary N) is 1. The van der Waals surface area contributed by atoms with Crippen molar-refractivity contribution in [1.82, 2.24) is 0 Å². The molecule has 110 valence electrons. The topological polar surface area (TPSA) is 78.8 Å². The lowest BCUT2D eigenvalue weighted by molar-refractivity contribution is 0.102. The SMILES string of the molecule is COc1ccc(NC(=O)c2c(O)c(Cl)cc(Cl)c2O)cc1. The Morgan fingerprint density at radius 2 is 1.62 bits per heavy atom. The Kier molecular flexibility index (Phi) is 4.45. The molecule has 0 saturated carbocycles. The molecule has 0 bridgehead atoms. The highest BCUT2D eigenvalue weighted by molar-refractivity contribution is 6.37. The van der Waals surface area contributed by atoms with Crippen molar-refractivity contribution in [2.45, 2.75) is 0 Å². The Labute approximate surface area is 130 Å². The van der Waals surface area contributed by atoms with Crippen molar-refractivity contribution in [3.63, 3.8) is 0 Å². The lowest BCUT2D eigenvalue weighted by Gasteiger charge is -2.11. The number of aromatic hydroxyl groups is 2. The Balaban J connectivity index is 2.32. The normalized spacial score (nSPS) is 10.2. The van der Waals surface area contributed by atoms with Gasteiger partial charge >= 0.3 is 0 Å². The fourth-order valence-corrected chi connectivity index (χ4v) is 2.15. The van der Waals surface area contributed by atoms with Crippen LogP contribution in [0, 0.1) is 0 Å². The molecule has 0 heterocycles. The largest absolute Gasteiger partial charge is 0.505 e. The Bertz CT molecular complexity index is 660. The molecule has 0 aliphatic carbocycles. The molecule has 0 unspecified atom stereocenters. The van der Waals surface area contributed by atoms with Gasteiger partial charge in [-0.25, -0.2) is 0 Å². The van der Waals surface area contributed by atoms with Crippen LogP contribution in [-0.4, -0.2) is 23.2 Å². The quantitative estimate of drug-likeness (QED) is 0.803. The molecule has 0 aromatic heterocycles. The van der Waals surface area contributed by atoms with Gasteiger partial charge in [0.15, 0.2) is 11.5 Å². The first-order chi connectivity index (χ1) is 9.93. The van der Waals surface area contributed by atoms with E-state index in [0.29, 0.717) is 11.4 Å². The number of amides is 1. The maximum absolute atomic E-state index is 12.1. The summed E-state index contributed by atoms with van der Waals surface area (Å²) in [6.07, 6.45) is 0. The molecule has 0 fully saturated rings. The zero-order valence-electron chi connectivity index (χ0n) is 10.9. The summed E-state index contributed by atoms with van der Waals surface area (Å²) < 4.78 is 5.00. The second-order valence-electron chi connectivity index (χ2n) is 4.10. The summed E-state index contributed by atoms with van der Waals surface area (Å²) in [5.74, 6) is -1.18. The van der Waals surface area contributed by atoms with E-state index >= 15 is 0 Å². The molecule has 1 amide bonds. The number of halogens is 2. The Morgan fingerprint density at radius 3 is 2.10 bits per heavy atom. The molecular weight excluding hydrogens is 317 g/mol. The van der Waals surface area contributed by atoms with Crippen molar-refractivity contribution in [1.29, 1.82) is 0 Å². The van der Waals surface area contributed by atoms with Crippen molar-refractivity contribution >= 4 is 34.8 Å². The van der Waals surface area contributed by atoms with Gasteiger partial charge in [0.25, 0.3) is 5.91 Å². The number of hydrogen-bond donors (Lipinski definition) is 3. The molecule has 0 saturated heterocycles. The lowest BCUT2D eigenvalue weighted by atomic mass is 10.1. The van der Waals surface area contributed by atoms with E-state index in [9.17, 15) is 15.0 Å². The van der Waals surface area contributed by atoms with E-state index in [0.717, 1.165) is 6.07 Å². The van der Waals surface area contributed by atoms with E-state index in [4.69, 9.17) is 27.9 Å². The summed E-state index contributed by atoms with van der Waals surface area (Å²) in [5, 5.41) is 21.9. The highest BCUT2D eigenvalue weighted by Crippen LogP contribution is 2.39. The van der Waals surface area contributed by atoms with E-state index in [1.165, 1.54) is 7.11 Å². The third kappa shape index (κ3) is 3.15. The summed E-state index contributed by atoms with van der Waals surface area (Å²) in [6.45, 7) is 0. The number of hydrogen-bond acceptors (Lipinski definition) is 4. The van der Waals surface area contributed by atoms with Crippen LogP contribution in [0.5, 0.6) is 17.2 Å². The number of carbonyl (C=O) groups excluding carboxylic acids is 1. The van der Waals surface area contributed by atoms with Crippen LogP contribution >= 0.6 is 23.2 Å². The fraction of sp³-hybridized carbons (Fsp3) is 0.0714. The van der Waals surface area contributed by atoms with Gasteiger partial charge in [0.05, 0.1) is 17.2 Å². The Morgan fingerprint density at radius 1 is 1.10 bits per heavy atom. The summed E-state index contributed by atoms with van der Waals surface area (Å²) in [6, 6.07) is 7.67. The molecule has 2 aromatic carbocycles. The van der Waals surface area contributed by atoms with E-state index in [1.807, 2.05) is 0 Å². The Hall–Kier alpha value is -2.11. The van der Waals surface area contributed by atoms with Gasteiger partial charge in [-0.3, -0.25) is 4.79 Å². The van der Waals surface area contributed by atoms with Gasteiger partial charge in [0.1, 0.15) is 11.3 Å². The average Bonchev–Trinajstić information content (AvgIpc) is 2.46. The fourth-order valence-electron chi connectivity index (χ4n) is 1.68. The molecule has 0 atom stereocenters. The van der Waals surface area contributed by atoms with Gasteiger partial charge in [0, 0.05) is 5.69 Å². The van der Waals surface area contributed by atoms with Crippen LogP contribution in [0.15, 0.2) is 30.3 Å². The van der Waals surface area contributed by atoms with Crippen molar-refractivity contribution in [2.24, 2.45) is 0 Å². The molecule has 0 aliphatic rings. The van der Waals surface area contributed by atoms with E-state index in [-0.39, 0.29) is 15.6 Å². The van der Waals surface area contributed by atoms with Crippen LogP contribution in [0.25, 0.3) is 0 Å². The predicted molar refractivity (Wildman–Crippen MR) is 80.7 cm³/mol. The number of benzene rings is 2. The number of methoxy groups -OCH3 is 1. The zero-order valence-corrected chi connectivity index (χ0v) is 12.4. The molecule has 21 heavy (non-hydrogen) atoms. The van der Waals surface area contributed by atoms with Crippen LogP contribution < -0.4 is 10.1 Å². The molecule has 3 N–H and O–H groups in total. The van der Waals surface area contributed by atoms with Crippen LogP contribution in [0.2, 0.25) is 10.0 Å². The number of anilines is 1. The van der Waals surface area contributed by atoms with Crippen molar-refractivity contribution in [3.05, 3.63) is 45.9 Å². The first-order valence-corrected chi connectivity index (χ1v) is 6.55. The van der Waals surface area contributed by atoms with Gasteiger partial charge < -0.3 is 20.3 Å². The summed E-state index contributed by atoms with van der Waals surface area (Å²) in [4.78, 5) is 12.1. The minimum Gasteiger partial charge on any atom is -0.505 e. The van der Waals surface area contributed by atoms with Crippen molar-refractivity contribution < 1.29 is 19.7 Å². The van der Waals surface area contributed by atoms with Crippen LogP contribution in [0.1, 0.15) is 10.4 Å². The predicted octanol–water partition coefficient (Wildman–Crippen LogP) is 3.67. The zero-order chi connectivity index (χ0) is 15.6. The van der Waals surface area contributed by atoms with Crippen molar-refractivity contribution in [3.8, 4) is 17.2 Å². The summed E-state index contributed by atoms with van der Waals surface area (Å²) in [5.41, 5.74) is 0.0685. The van der Waals surface area contributed by atoms with Gasteiger partial charge in [-0.15, -0.1) is 0 Å². The molecule has 5 nitrogen and oxygen atoms in total. The van der Waals surface area contributed by atoms with Gasteiger partial charge in [-0.05, 0) is 30.3 Å². The third-order valence-electron chi connectivity index (χ3n) is 2.75. The van der Waals surface area contributed by atoms with Crippen molar-refractivity contribution in [2.75, 3.05) is 12.4 Å². The molecule has 0 spiro atoms. The first kappa shape index (κ1) is 15.3. The number of rotatable bonds is 3. The van der Waals surface area contributed by atoms with Crippen LogP contribution in [0.4, 0.5) is 5.69 Å². The minimum atomic E-state index is -0.737. The number of phenols is 2. The minimum absolute atomic E-state index is 0.127. The smallest absolute Gasteiger partial charge is 0.263 e. The van der Waals surface area contributed by atoms with E-state index < -0.39 is 17.4 Å². The highest BCUT2D eigenvalue weighted by atomic mass is 35.5. The van der Waals surface area contributed by atoms with Gasteiger partial charge in [-0.1, -0.05) is 23.2 Å². The molecule has 2 rings (SSSR count). The molecule has 2 aromatic rings. The lowest BCUT2D eigenvalue weighted by Crippen LogP contribution is -2.12. The monoisotopic (exact) mass is 327 g/mol. The molecular formula is C14H11Cl2NO4. The molecule has 0 radical (unpaired) electrons. The summed E-state index contributed by atoms with van der Waals surface area (Å²) >= 11 is 11.5. The van der Waals surface area contributed by atoms with Gasteiger partial charge in [0.2, 0.25) is 0 Å². The standard InChI is InChI=1S/C14H11Cl2NO4/c1-21-8-4-2-7(3-5-8)17-14(20)11-12(18)9(15)6-10(16)13(11)19/h2-6,18-19H,1H3,(H,17,20). The number of carbonyl (C=O) groups is 1. The second-order valence-corrected chi connectivity index (χ2v) is 4.91. The number of phenolic OH excluding ortho intramolecular Hbond substituents is 2. The summed E-state index contributed by atoms with van der Waals surface area (Å²) in [7, 11) is 1.53. The average molecular weight is 328 g/mol. The molecule has 0 aliphatic heterocycles. The van der Waals surface area contributed by atoms with Gasteiger partial charge in [-0.2, -0.15) is 0 Å². The second kappa shape index (κ2) is 6.11. The third-order valence-corrected chi connectivity index (χ3v) is 3.33. The maximum atomic E-state index is 12.1. The molecule has 7 heteroatoms. The van der Waals surface area contributed by atoms with E-state index in [2.05, 4.69) is 5.32 Å². The maximum Gasteiger partial charge on any atom is 0.263 e.